The van der Waals surface area contributed by atoms with Gasteiger partial charge >= 0.3 is 0 Å². The number of aromatic amines is 1. The minimum Gasteiger partial charge on any atom is -0.347 e. The van der Waals surface area contributed by atoms with Crippen molar-refractivity contribution in [3.8, 4) is 0 Å². The average Bonchev–Trinajstić information content (AvgIpc) is 2.90. The number of nitrogens with one attached hydrogen (secondary N) is 2. The van der Waals surface area contributed by atoms with Gasteiger partial charge in [0.2, 0.25) is 0 Å². The number of H-pyrrole nitrogens is 1. The lowest BCUT2D eigenvalue weighted by Gasteiger charge is -2.14. The third-order valence-electron chi connectivity index (χ3n) is 2.88. The van der Waals surface area contributed by atoms with Crippen molar-refractivity contribution in [1.29, 1.82) is 0 Å². The Morgan fingerprint density at radius 3 is 2.67 bits per heavy atom. The first-order valence-corrected chi connectivity index (χ1v) is 6.07. The largest absolute Gasteiger partial charge is 0.347 e. The zero-order valence-corrected chi connectivity index (χ0v) is 10.6. The highest BCUT2D eigenvalue weighted by atomic mass is 16.1. The van der Waals surface area contributed by atoms with E-state index in [1.165, 1.54) is 0 Å². The first-order chi connectivity index (χ1) is 8.70. The van der Waals surface area contributed by atoms with Crippen LogP contribution >= 0.6 is 0 Å². The molecule has 4 heteroatoms. The Morgan fingerprint density at radius 1 is 1.39 bits per heavy atom. The van der Waals surface area contributed by atoms with Crippen molar-refractivity contribution in [2.45, 2.75) is 26.3 Å². The van der Waals surface area contributed by atoms with E-state index in [-0.39, 0.29) is 11.9 Å². The molecule has 0 aliphatic rings. The van der Waals surface area contributed by atoms with E-state index >= 15 is 0 Å². The minimum atomic E-state index is -0.0752. The molecule has 0 fully saturated rings. The van der Waals surface area contributed by atoms with Crippen molar-refractivity contribution in [2.75, 3.05) is 0 Å². The summed E-state index contributed by atoms with van der Waals surface area (Å²) >= 11 is 0. The van der Waals surface area contributed by atoms with Crippen LogP contribution in [-0.4, -0.2) is 15.9 Å². The molecule has 94 valence electrons. The van der Waals surface area contributed by atoms with Gasteiger partial charge in [-0.1, -0.05) is 24.6 Å². The van der Waals surface area contributed by atoms with E-state index in [9.17, 15) is 4.79 Å². The summed E-state index contributed by atoms with van der Waals surface area (Å²) in [4.78, 5) is 19.3. The van der Waals surface area contributed by atoms with E-state index in [0.717, 1.165) is 17.8 Å². The molecule has 18 heavy (non-hydrogen) atoms. The van der Waals surface area contributed by atoms with Gasteiger partial charge in [0, 0.05) is 18.0 Å². The fourth-order valence-corrected chi connectivity index (χ4v) is 1.78. The lowest BCUT2D eigenvalue weighted by molar-refractivity contribution is 0.0934. The fourth-order valence-electron chi connectivity index (χ4n) is 1.78. The normalized spacial score (nSPS) is 12.1. The Kier molecular flexibility index (Phi) is 3.77. The van der Waals surface area contributed by atoms with Gasteiger partial charge < -0.3 is 10.3 Å². The number of imidazole rings is 1. The smallest absolute Gasteiger partial charge is 0.251 e. The van der Waals surface area contributed by atoms with Gasteiger partial charge in [-0.2, -0.15) is 0 Å². The molecule has 1 aromatic carbocycles. The zero-order valence-electron chi connectivity index (χ0n) is 10.6. The maximum absolute atomic E-state index is 12.1. The molecule has 1 aromatic heterocycles. The van der Waals surface area contributed by atoms with Gasteiger partial charge in [-0.15, -0.1) is 0 Å². The van der Waals surface area contributed by atoms with Crippen molar-refractivity contribution in [1.82, 2.24) is 15.3 Å². The highest BCUT2D eigenvalue weighted by molar-refractivity contribution is 5.94. The third kappa shape index (κ3) is 2.77. The highest BCUT2D eigenvalue weighted by Crippen LogP contribution is 2.13. The molecule has 2 N–H and O–H groups in total. The number of hydrogen-bond acceptors (Lipinski definition) is 2. The summed E-state index contributed by atoms with van der Waals surface area (Å²) in [6, 6.07) is 7.46. The van der Waals surface area contributed by atoms with Crippen LogP contribution in [0.4, 0.5) is 0 Å². The standard InChI is InChI=1S/C14H17N3O/c1-3-12(13-15-8-9-16-13)17-14(18)11-6-4-10(2)5-7-11/h4-9,12H,3H2,1-2H3,(H,15,16)(H,17,18). The Balaban J connectivity index is 2.08. The molecule has 1 heterocycles. The van der Waals surface area contributed by atoms with Crippen LogP contribution in [0.25, 0.3) is 0 Å². The van der Waals surface area contributed by atoms with E-state index < -0.39 is 0 Å². The number of benzene rings is 1. The summed E-state index contributed by atoms with van der Waals surface area (Å²) in [6.45, 7) is 4.02. The molecular formula is C14H17N3O. The molecule has 0 bridgehead atoms. The van der Waals surface area contributed by atoms with Crippen molar-refractivity contribution in [3.63, 3.8) is 0 Å². The maximum atomic E-state index is 12.1. The Bertz CT molecular complexity index is 502. The van der Waals surface area contributed by atoms with E-state index in [2.05, 4.69) is 15.3 Å². The van der Waals surface area contributed by atoms with Crippen molar-refractivity contribution in [2.24, 2.45) is 0 Å². The molecule has 0 radical (unpaired) electrons. The SMILES string of the molecule is CCC(NC(=O)c1ccc(C)cc1)c1ncc[nH]1. The van der Waals surface area contributed by atoms with Crippen LogP contribution < -0.4 is 5.32 Å². The molecule has 1 unspecified atom stereocenters. The van der Waals surface area contributed by atoms with Gasteiger partial charge in [0.15, 0.2) is 0 Å². The Labute approximate surface area is 106 Å². The number of nitrogens with zero attached hydrogens (tertiary/aromatic N) is 1. The lowest BCUT2D eigenvalue weighted by Crippen LogP contribution is -2.28. The topological polar surface area (TPSA) is 57.8 Å². The molecule has 0 saturated carbocycles. The van der Waals surface area contributed by atoms with Gasteiger partial charge in [0.25, 0.3) is 5.91 Å². The molecule has 4 nitrogen and oxygen atoms in total. The summed E-state index contributed by atoms with van der Waals surface area (Å²) < 4.78 is 0. The number of aryl methyl sites for hydroxylation is 1. The minimum absolute atomic E-state index is 0.0711. The number of hydrogen-bond donors (Lipinski definition) is 2. The predicted octanol–water partition coefficient (Wildman–Crippen LogP) is 2.60. The van der Waals surface area contributed by atoms with Crippen LogP contribution in [0.2, 0.25) is 0 Å². The molecule has 1 amide bonds. The average molecular weight is 243 g/mol. The first-order valence-electron chi connectivity index (χ1n) is 6.07. The van der Waals surface area contributed by atoms with Crippen LogP contribution in [0, 0.1) is 6.92 Å². The number of rotatable bonds is 4. The van der Waals surface area contributed by atoms with E-state index in [1.54, 1.807) is 12.4 Å². The Hall–Kier alpha value is -2.10. The van der Waals surface area contributed by atoms with Gasteiger partial charge in [0.1, 0.15) is 5.82 Å². The first kappa shape index (κ1) is 12.4. The summed E-state index contributed by atoms with van der Waals surface area (Å²) in [5.74, 6) is 0.719. The molecule has 2 rings (SSSR count). The maximum Gasteiger partial charge on any atom is 0.251 e. The number of amides is 1. The van der Waals surface area contributed by atoms with Crippen LogP contribution in [-0.2, 0) is 0 Å². The molecule has 2 aromatic rings. The number of carbonyl (C=O) groups excluding carboxylic acids is 1. The second-order valence-corrected chi connectivity index (χ2v) is 4.27. The van der Waals surface area contributed by atoms with Crippen LogP contribution in [0.5, 0.6) is 0 Å². The zero-order chi connectivity index (χ0) is 13.0. The molecule has 0 aliphatic carbocycles. The van der Waals surface area contributed by atoms with Gasteiger partial charge in [-0.25, -0.2) is 4.98 Å². The third-order valence-corrected chi connectivity index (χ3v) is 2.88. The van der Waals surface area contributed by atoms with Crippen LogP contribution in [0.1, 0.15) is 41.1 Å². The predicted molar refractivity (Wildman–Crippen MR) is 70.3 cm³/mol. The summed E-state index contributed by atoms with van der Waals surface area (Å²) in [7, 11) is 0. The molecular weight excluding hydrogens is 226 g/mol. The van der Waals surface area contributed by atoms with Crippen molar-refractivity contribution >= 4 is 5.91 Å². The molecule has 1 atom stereocenters. The van der Waals surface area contributed by atoms with Gasteiger partial charge in [-0.3, -0.25) is 4.79 Å². The second-order valence-electron chi connectivity index (χ2n) is 4.27. The molecule has 0 spiro atoms. The second kappa shape index (κ2) is 5.49. The lowest BCUT2D eigenvalue weighted by atomic mass is 10.1. The fraction of sp³-hybridized carbons (Fsp3) is 0.286. The summed E-state index contributed by atoms with van der Waals surface area (Å²) in [6.07, 6.45) is 4.25. The van der Waals surface area contributed by atoms with Gasteiger partial charge in [-0.05, 0) is 25.5 Å². The summed E-state index contributed by atoms with van der Waals surface area (Å²) in [5.41, 5.74) is 1.82. The Morgan fingerprint density at radius 2 is 2.11 bits per heavy atom. The van der Waals surface area contributed by atoms with Crippen LogP contribution in [0.15, 0.2) is 36.7 Å². The number of aromatic nitrogens is 2. The van der Waals surface area contributed by atoms with Gasteiger partial charge in [0.05, 0.1) is 6.04 Å². The van der Waals surface area contributed by atoms with E-state index in [0.29, 0.717) is 5.56 Å². The monoisotopic (exact) mass is 243 g/mol. The summed E-state index contributed by atoms with van der Waals surface area (Å²) in [5, 5.41) is 2.97. The molecule has 0 aliphatic heterocycles. The van der Waals surface area contributed by atoms with E-state index in [1.807, 2.05) is 38.1 Å². The quantitative estimate of drug-likeness (QED) is 0.867. The highest BCUT2D eigenvalue weighted by Gasteiger charge is 2.15. The van der Waals surface area contributed by atoms with Crippen LogP contribution in [0.3, 0.4) is 0 Å². The van der Waals surface area contributed by atoms with E-state index in [4.69, 9.17) is 0 Å². The van der Waals surface area contributed by atoms with Crippen molar-refractivity contribution < 1.29 is 4.79 Å². The molecule has 0 saturated heterocycles. The number of carbonyl (C=O) groups is 1. The van der Waals surface area contributed by atoms with Crippen molar-refractivity contribution in [3.05, 3.63) is 53.6 Å².